The highest BCUT2D eigenvalue weighted by atomic mass is 32.1. The van der Waals surface area contributed by atoms with Gasteiger partial charge in [-0.25, -0.2) is 4.39 Å². The predicted molar refractivity (Wildman–Crippen MR) is 105 cm³/mol. The predicted octanol–water partition coefficient (Wildman–Crippen LogP) is 4.00. The molecule has 0 saturated carbocycles. The molecule has 1 aromatic heterocycles. The maximum Gasteiger partial charge on any atom is 0.249 e. The Bertz CT molecular complexity index is 763. The maximum absolute atomic E-state index is 13.0. The Morgan fingerprint density at radius 2 is 1.89 bits per heavy atom. The van der Waals surface area contributed by atoms with Crippen molar-refractivity contribution in [1.29, 1.82) is 0 Å². The number of hydrogen-bond donors (Lipinski definition) is 2. The molecule has 0 unspecified atom stereocenters. The Hall–Kier alpha value is -2.35. The largest absolute Gasteiger partial charge is 0.344 e. The molecular weight excluding hydrogens is 367 g/mol. The van der Waals surface area contributed by atoms with Gasteiger partial charge in [0, 0.05) is 12.0 Å². The summed E-state index contributed by atoms with van der Waals surface area (Å²) in [6, 6.07) is 5.28. The van der Waals surface area contributed by atoms with Crippen molar-refractivity contribution in [2.75, 3.05) is 5.32 Å². The highest BCUT2D eigenvalue weighted by molar-refractivity contribution is 7.18. The highest BCUT2D eigenvalue weighted by Crippen LogP contribution is 2.26. The van der Waals surface area contributed by atoms with Crippen LogP contribution in [0.4, 0.5) is 9.52 Å². The SMILES string of the molecule is CCCCC(=O)N[C@@H](C(=O)Nc1nnc(-c2ccc(F)cc2)s1)[C@H](C)CC. The van der Waals surface area contributed by atoms with Gasteiger partial charge in [-0.15, -0.1) is 10.2 Å². The van der Waals surface area contributed by atoms with Gasteiger partial charge in [0.15, 0.2) is 0 Å². The normalized spacial score (nSPS) is 13.0. The summed E-state index contributed by atoms with van der Waals surface area (Å²) in [5.74, 6) is -0.773. The highest BCUT2D eigenvalue weighted by Gasteiger charge is 2.26. The van der Waals surface area contributed by atoms with Gasteiger partial charge < -0.3 is 5.32 Å². The first-order valence-electron chi connectivity index (χ1n) is 9.14. The molecule has 2 amide bonds. The summed E-state index contributed by atoms with van der Waals surface area (Å²) in [4.78, 5) is 24.7. The number of nitrogens with zero attached hydrogens (tertiary/aromatic N) is 2. The number of aromatic nitrogens is 2. The second-order valence-corrected chi connectivity index (χ2v) is 7.42. The van der Waals surface area contributed by atoms with Gasteiger partial charge in [0.1, 0.15) is 16.9 Å². The molecule has 0 spiro atoms. The van der Waals surface area contributed by atoms with Gasteiger partial charge in [0.25, 0.3) is 0 Å². The molecule has 2 aromatic rings. The van der Waals surface area contributed by atoms with Gasteiger partial charge in [-0.05, 0) is 36.6 Å². The average molecular weight is 393 g/mol. The van der Waals surface area contributed by atoms with E-state index in [0.717, 1.165) is 24.8 Å². The molecule has 6 nitrogen and oxygen atoms in total. The minimum absolute atomic E-state index is 0.0138. The van der Waals surface area contributed by atoms with Crippen molar-refractivity contribution in [3.63, 3.8) is 0 Å². The Kier molecular flexibility index (Phi) is 7.84. The zero-order valence-corrected chi connectivity index (χ0v) is 16.6. The molecule has 0 saturated heterocycles. The molecular formula is C19H25FN4O2S. The van der Waals surface area contributed by atoms with Crippen LogP contribution in [0.25, 0.3) is 10.6 Å². The lowest BCUT2D eigenvalue weighted by Crippen LogP contribution is -2.47. The van der Waals surface area contributed by atoms with Crippen molar-refractivity contribution in [1.82, 2.24) is 15.5 Å². The minimum atomic E-state index is -0.627. The third-order valence-electron chi connectivity index (χ3n) is 4.32. The second kappa shape index (κ2) is 10.1. The van der Waals surface area contributed by atoms with Crippen LogP contribution in [0.2, 0.25) is 0 Å². The van der Waals surface area contributed by atoms with E-state index in [9.17, 15) is 14.0 Å². The number of hydrogen-bond acceptors (Lipinski definition) is 5. The smallest absolute Gasteiger partial charge is 0.249 e. The van der Waals surface area contributed by atoms with Gasteiger partial charge in [-0.3, -0.25) is 14.9 Å². The average Bonchev–Trinajstić information content (AvgIpc) is 3.12. The third-order valence-corrected chi connectivity index (χ3v) is 5.20. The standard InChI is InChI=1S/C19H25FN4O2S/c1-4-6-7-15(25)21-16(12(3)5-2)17(26)22-19-24-23-18(27-19)13-8-10-14(20)11-9-13/h8-12,16H,4-7H2,1-3H3,(H,21,25)(H,22,24,26)/t12-,16-/m1/s1. The van der Waals surface area contributed by atoms with Gasteiger partial charge in [-0.2, -0.15) is 0 Å². The molecule has 1 aromatic carbocycles. The summed E-state index contributed by atoms with van der Waals surface area (Å²) in [5.41, 5.74) is 0.723. The number of halogens is 1. The van der Waals surface area contributed by atoms with E-state index in [4.69, 9.17) is 0 Å². The van der Waals surface area contributed by atoms with E-state index >= 15 is 0 Å². The number of unbranched alkanes of at least 4 members (excludes halogenated alkanes) is 1. The van der Waals surface area contributed by atoms with E-state index in [1.165, 1.54) is 23.5 Å². The number of carbonyl (C=O) groups is 2. The monoisotopic (exact) mass is 392 g/mol. The summed E-state index contributed by atoms with van der Waals surface area (Å²) in [7, 11) is 0. The van der Waals surface area contributed by atoms with Gasteiger partial charge in [-0.1, -0.05) is 44.9 Å². The van der Waals surface area contributed by atoms with Crippen LogP contribution < -0.4 is 10.6 Å². The van der Waals surface area contributed by atoms with Gasteiger partial charge >= 0.3 is 0 Å². The summed E-state index contributed by atoms with van der Waals surface area (Å²) in [6.45, 7) is 5.91. The van der Waals surface area contributed by atoms with Gasteiger partial charge in [0.2, 0.25) is 16.9 Å². The summed E-state index contributed by atoms with van der Waals surface area (Å²) in [6.07, 6.45) is 2.87. The number of anilines is 1. The molecule has 0 fully saturated rings. The zero-order chi connectivity index (χ0) is 19.8. The van der Waals surface area contributed by atoms with E-state index in [2.05, 4.69) is 20.8 Å². The molecule has 0 radical (unpaired) electrons. The van der Waals surface area contributed by atoms with Crippen LogP contribution in [0, 0.1) is 11.7 Å². The molecule has 27 heavy (non-hydrogen) atoms. The molecule has 1 heterocycles. The van der Waals surface area contributed by atoms with Crippen molar-refractivity contribution in [3.8, 4) is 10.6 Å². The van der Waals surface area contributed by atoms with E-state index in [1.54, 1.807) is 12.1 Å². The quantitative estimate of drug-likeness (QED) is 0.675. The van der Waals surface area contributed by atoms with Crippen LogP contribution in [-0.4, -0.2) is 28.1 Å². The Balaban J connectivity index is 2.05. The fraction of sp³-hybridized carbons (Fsp3) is 0.474. The second-order valence-electron chi connectivity index (χ2n) is 6.44. The van der Waals surface area contributed by atoms with Crippen molar-refractivity contribution in [2.45, 2.75) is 52.5 Å². The van der Waals surface area contributed by atoms with Crippen LogP contribution in [0.1, 0.15) is 46.5 Å². The lowest BCUT2D eigenvalue weighted by Gasteiger charge is -2.22. The topological polar surface area (TPSA) is 84.0 Å². The number of rotatable bonds is 9. The van der Waals surface area contributed by atoms with Crippen molar-refractivity contribution >= 4 is 28.3 Å². The number of amides is 2. The summed E-state index contributed by atoms with van der Waals surface area (Å²) < 4.78 is 13.0. The van der Waals surface area contributed by atoms with Crippen molar-refractivity contribution < 1.29 is 14.0 Å². The maximum atomic E-state index is 13.0. The van der Waals surface area contributed by atoms with Crippen LogP contribution in [0.5, 0.6) is 0 Å². The van der Waals surface area contributed by atoms with E-state index in [-0.39, 0.29) is 23.5 Å². The Morgan fingerprint density at radius 1 is 1.19 bits per heavy atom. The molecule has 0 aliphatic carbocycles. The molecule has 2 atom stereocenters. The van der Waals surface area contributed by atoms with Crippen LogP contribution in [0.15, 0.2) is 24.3 Å². The first-order valence-corrected chi connectivity index (χ1v) is 9.95. The van der Waals surface area contributed by atoms with Crippen LogP contribution in [0.3, 0.4) is 0 Å². The number of benzene rings is 1. The van der Waals surface area contributed by atoms with Crippen molar-refractivity contribution in [2.24, 2.45) is 5.92 Å². The lowest BCUT2D eigenvalue weighted by atomic mass is 9.98. The number of nitrogens with one attached hydrogen (secondary N) is 2. The lowest BCUT2D eigenvalue weighted by molar-refractivity contribution is -0.127. The van der Waals surface area contributed by atoms with E-state index < -0.39 is 6.04 Å². The first kappa shape index (κ1) is 21.0. The summed E-state index contributed by atoms with van der Waals surface area (Å²) in [5, 5.41) is 14.5. The molecule has 0 aliphatic rings. The minimum Gasteiger partial charge on any atom is -0.344 e. The van der Waals surface area contributed by atoms with E-state index in [1.807, 2.05) is 20.8 Å². The first-order chi connectivity index (χ1) is 12.9. The fourth-order valence-electron chi connectivity index (χ4n) is 2.45. The summed E-state index contributed by atoms with van der Waals surface area (Å²) >= 11 is 1.20. The number of carbonyl (C=O) groups excluding carboxylic acids is 2. The molecule has 146 valence electrons. The molecule has 0 bridgehead atoms. The molecule has 2 rings (SSSR count). The van der Waals surface area contributed by atoms with Crippen molar-refractivity contribution in [3.05, 3.63) is 30.1 Å². The molecule has 8 heteroatoms. The zero-order valence-electron chi connectivity index (χ0n) is 15.8. The fourth-order valence-corrected chi connectivity index (χ4v) is 3.20. The van der Waals surface area contributed by atoms with Gasteiger partial charge in [0.05, 0.1) is 0 Å². The molecule has 2 N–H and O–H groups in total. The van der Waals surface area contributed by atoms with E-state index in [0.29, 0.717) is 16.6 Å². The van der Waals surface area contributed by atoms with Crippen LogP contribution in [-0.2, 0) is 9.59 Å². The Morgan fingerprint density at radius 3 is 2.52 bits per heavy atom. The molecule has 0 aliphatic heterocycles. The van der Waals surface area contributed by atoms with Crippen LogP contribution >= 0.6 is 11.3 Å². The Labute approximate surface area is 162 Å². The third kappa shape index (κ3) is 6.09.